The molecule has 158 valence electrons. The Morgan fingerprint density at radius 2 is 2.00 bits per heavy atom. The summed E-state index contributed by atoms with van der Waals surface area (Å²) in [6.07, 6.45) is 0.932. The molecule has 1 aromatic carbocycles. The molecule has 10 heteroatoms. The molecule has 3 rings (SSSR count). The van der Waals surface area contributed by atoms with E-state index in [0.29, 0.717) is 5.65 Å². The lowest BCUT2D eigenvalue weighted by atomic mass is 10.1. The van der Waals surface area contributed by atoms with Gasteiger partial charge in [-0.3, -0.25) is 10.1 Å². The van der Waals surface area contributed by atoms with Crippen molar-refractivity contribution in [3.05, 3.63) is 57.4 Å². The maximum Gasteiger partial charge on any atom is 0.420 e. The van der Waals surface area contributed by atoms with Gasteiger partial charge in [-0.15, -0.1) is 0 Å². The van der Waals surface area contributed by atoms with E-state index in [1.165, 1.54) is 33.7 Å². The molecule has 1 amide bonds. The summed E-state index contributed by atoms with van der Waals surface area (Å²) in [5.41, 5.74) is 0.622. The van der Waals surface area contributed by atoms with Crippen molar-refractivity contribution >= 4 is 40.5 Å². The molecule has 0 aliphatic rings. The number of fused-ring (bicyclic) bond motifs is 1. The highest BCUT2D eigenvalue weighted by Crippen LogP contribution is 2.33. The highest BCUT2D eigenvalue weighted by atomic mass is 35.5. The maximum absolute atomic E-state index is 13.2. The molecule has 0 atom stereocenters. The van der Waals surface area contributed by atoms with Gasteiger partial charge in [-0.25, -0.2) is 14.7 Å². The predicted octanol–water partition coefficient (Wildman–Crippen LogP) is 5.49. The topological polar surface area (TPSA) is 103 Å². The average Bonchev–Trinajstić information content (AvgIpc) is 3.04. The van der Waals surface area contributed by atoms with E-state index in [-0.39, 0.29) is 28.3 Å². The highest BCUT2D eigenvalue weighted by Gasteiger charge is 2.29. The smallest absolute Gasteiger partial charge is 0.420 e. The van der Waals surface area contributed by atoms with Crippen LogP contribution >= 0.6 is 11.6 Å². The van der Waals surface area contributed by atoms with E-state index >= 15 is 0 Å². The molecular formula is C20H22ClN5O4. The Labute approximate surface area is 178 Å². The number of carbonyl (C=O) groups excluding carboxylic acids is 1. The van der Waals surface area contributed by atoms with Crippen molar-refractivity contribution in [1.82, 2.24) is 14.6 Å². The summed E-state index contributed by atoms with van der Waals surface area (Å²) >= 11 is 6.27. The van der Waals surface area contributed by atoms with Gasteiger partial charge in [0.15, 0.2) is 5.65 Å². The average molecular weight is 432 g/mol. The maximum atomic E-state index is 13.2. The fraction of sp³-hybridized carbons (Fsp3) is 0.350. The van der Waals surface area contributed by atoms with Gasteiger partial charge in [-0.2, -0.15) is 9.61 Å². The fourth-order valence-corrected chi connectivity index (χ4v) is 3.06. The second kappa shape index (κ2) is 7.91. The van der Waals surface area contributed by atoms with Crippen LogP contribution in [0.2, 0.25) is 5.15 Å². The minimum atomic E-state index is -0.792. The lowest BCUT2D eigenvalue weighted by molar-refractivity contribution is -0.384. The third-order valence-electron chi connectivity index (χ3n) is 4.17. The van der Waals surface area contributed by atoms with Crippen LogP contribution in [0.15, 0.2) is 36.5 Å². The van der Waals surface area contributed by atoms with E-state index in [0.717, 1.165) is 5.56 Å². The highest BCUT2D eigenvalue weighted by molar-refractivity contribution is 6.29. The van der Waals surface area contributed by atoms with Crippen molar-refractivity contribution in [3.8, 4) is 0 Å². The quantitative estimate of drug-likeness (QED) is 0.307. The molecule has 0 fully saturated rings. The van der Waals surface area contributed by atoms with Crippen LogP contribution in [0.1, 0.15) is 46.1 Å². The van der Waals surface area contributed by atoms with Gasteiger partial charge < -0.3 is 4.74 Å². The summed E-state index contributed by atoms with van der Waals surface area (Å²) < 4.78 is 7.04. The zero-order valence-corrected chi connectivity index (χ0v) is 18.0. The summed E-state index contributed by atoms with van der Waals surface area (Å²) in [5.74, 6) is 0.376. The van der Waals surface area contributed by atoms with Gasteiger partial charge in [0.2, 0.25) is 0 Å². The van der Waals surface area contributed by atoms with E-state index in [9.17, 15) is 14.9 Å². The van der Waals surface area contributed by atoms with Gasteiger partial charge in [0, 0.05) is 23.8 Å². The lowest BCUT2D eigenvalue weighted by Crippen LogP contribution is -2.35. The fourth-order valence-electron chi connectivity index (χ4n) is 2.89. The van der Waals surface area contributed by atoms with E-state index in [4.69, 9.17) is 16.3 Å². The second-order valence-electron chi connectivity index (χ2n) is 8.02. The number of rotatable bonds is 4. The molecule has 3 aromatic rings. The Hall–Kier alpha value is -3.20. The second-order valence-corrected chi connectivity index (χ2v) is 8.41. The number of nitro groups is 1. The van der Waals surface area contributed by atoms with E-state index in [1.54, 1.807) is 33.0 Å². The van der Waals surface area contributed by atoms with Crippen molar-refractivity contribution in [2.75, 3.05) is 4.90 Å². The van der Waals surface area contributed by atoms with E-state index < -0.39 is 16.6 Å². The number of hydrogen-bond acceptors (Lipinski definition) is 6. The summed E-state index contributed by atoms with van der Waals surface area (Å²) in [7, 11) is 0. The monoisotopic (exact) mass is 431 g/mol. The van der Waals surface area contributed by atoms with Crippen molar-refractivity contribution < 1.29 is 14.5 Å². The number of benzene rings is 1. The molecule has 0 aliphatic carbocycles. The van der Waals surface area contributed by atoms with Crippen LogP contribution in [0, 0.1) is 10.1 Å². The molecule has 0 spiro atoms. The van der Waals surface area contributed by atoms with Crippen LogP contribution in [-0.4, -0.2) is 31.2 Å². The first-order chi connectivity index (χ1) is 14.0. The SMILES string of the molecule is CC(C)c1cnn2c(N(C(=O)OC(C)(C)C)c3cccc([N+](=O)[O-])c3)cc(Cl)nc12. The predicted molar refractivity (Wildman–Crippen MR) is 114 cm³/mol. The van der Waals surface area contributed by atoms with E-state index in [1.807, 2.05) is 13.8 Å². The molecule has 9 nitrogen and oxygen atoms in total. The minimum absolute atomic E-state index is 0.120. The van der Waals surface area contributed by atoms with Crippen LogP contribution in [0.3, 0.4) is 0 Å². The molecule has 0 saturated heterocycles. The Morgan fingerprint density at radius 1 is 1.30 bits per heavy atom. The first kappa shape index (κ1) is 21.5. The van der Waals surface area contributed by atoms with Crippen molar-refractivity contribution in [3.63, 3.8) is 0 Å². The number of carbonyl (C=O) groups is 1. The molecule has 0 unspecified atom stereocenters. The molecule has 0 bridgehead atoms. The van der Waals surface area contributed by atoms with Gasteiger partial charge in [0.25, 0.3) is 5.69 Å². The third-order valence-corrected chi connectivity index (χ3v) is 4.37. The van der Waals surface area contributed by atoms with Gasteiger partial charge in [0.05, 0.1) is 16.8 Å². The molecule has 30 heavy (non-hydrogen) atoms. The van der Waals surface area contributed by atoms with Gasteiger partial charge in [0.1, 0.15) is 16.6 Å². The standard InChI is InChI=1S/C20H22ClN5O4/c1-12(2)15-11-22-25-17(10-16(21)23-18(15)25)24(19(27)30-20(3,4)5)13-7-6-8-14(9-13)26(28)29/h6-12H,1-5H3. The molecule has 0 radical (unpaired) electrons. The normalized spacial score (nSPS) is 11.7. The van der Waals surface area contributed by atoms with Crippen LogP contribution in [-0.2, 0) is 4.74 Å². The Bertz CT molecular complexity index is 1120. The van der Waals surface area contributed by atoms with Gasteiger partial charge in [-0.05, 0) is 32.8 Å². The summed E-state index contributed by atoms with van der Waals surface area (Å²) in [6, 6.07) is 7.17. The number of halogens is 1. The zero-order valence-electron chi connectivity index (χ0n) is 17.3. The van der Waals surface area contributed by atoms with Crippen LogP contribution in [0.5, 0.6) is 0 Å². The minimum Gasteiger partial charge on any atom is -0.443 e. The van der Waals surface area contributed by atoms with Crippen molar-refractivity contribution in [1.29, 1.82) is 0 Å². The number of nitrogens with zero attached hydrogens (tertiary/aromatic N) is 5. The molecule has 2 aromatic heterocycles. The lowest BCUT2D eigenvalue weighted by Gasteiger charge is -2.27. The number of amides is 1. The molecule has 2 heterocycles. The Morgan fingerprint density at radius 3 is 2.60 bits per heavy atom. The van der Waals surface area contributed by atoms with Crippen LogP contribution in [0.4, 0.5) is 22.0 Å². The summed E-state index contributed by atoms with van der Waals surface area (Å²) in [4.78, 5) is 29.5. The molecule has 0 N–H and O–H groups in total. The zero-order chi connectivity index (χ0) is 22.2. The number of anilines is 2. The Kier molecular flexibility index (Phi) is 5.67. The van der Waals surface area contributed by atoms with Crippen molar-refractivity contribution in [2.24, 2.45) is 0 Å². The molecule has 0 saturated carbocycles. The van der Waals surface area contributed by atoms with Gasteiger partial charge in [-0.1, -0.05) is 31.5 Å². The largest absolute Gasteiger partial charge is 0.443 e. The first-order valence-corrected chi connectivity index (χ1v) is 9.67. The number of nitro benzene ring substituents is 1. The Balaban J connectivity index is 2.27. The molecule has 0 aliphatic heterocycles. The number of aromatic nitrogens is 3. The number of non-ortho nitro benzene ring substituents is 1. The number of hydrogen-bond donors (Lipinski definition) is 0. The number of ether oxygens (including phenoxy) is 1. The third kappa shape index (κ3) is 4.35. The van der Waals surface area contributed by atoms with Crippen molar-refractivity contribution in [2.45, 2.75) is 46.1 Å². The summed E-state index contributed by atoms with van der Waals surface area (Å²) in [5, 5.41) is 15.8. The van der Waals surface area contributed by atoms with E-state index in [2.05, 4.69) is 10.1 Å². The van der Waals surface area contributed by atoms with Gasteiger partial charge >= 0.3 is 6.09 Å². The van der Waals surface area contributed by atoms with Crippen LogP contribution < -0.4 is 4.90 Å². The van der Waals surface area contributed by atoms with Crippen LogP contribution in [0.25, 0.3) is 5.65 Å². The molecular weight excluding hydrogens is 410 g/mol. The summed E-state index contributed by atoms with van der Waals surface area (Å²) in [6.45, 7) is 9.18. The first-order valence-electron chi connectivity index (χ1n) is 9.29.